The monoisotopic (exact) mass is 405 g/mol. The molecule has 7 heteroatoms. The summed E-state index contributed by atoms with van der Waals surface area (Å²) < 4.78 is 25.1. The largest absolute Gasteiger partial charge is 0.492 e. The van der Waals surface area contributed by atoms with Gasteiger partial charge >= 0.3 is 0 Å². The van der Waals surface area contributed by atoms with Crippen molar-refractivity contribution >= 4 is 15.9 Å². The van der Waals surface area contributed by atoms with Crippen LogP contribution in [0.5, 0.6) is 5.75 Å². The smallest absolute Gasteiger partial charge is 0.247 e. The molecule has 0 amide bonds. The molecule has 0 spiro atoms. The molecule has 0 atom stereocenters. The topological polar surface area (TPSA) is 51.4 Å². The van der Waals surface area contributed by atoms with Crippen LogP contribution in [0.2, 0.25) is 0 Å². The SMILES string of the molecule is CN(CCOc1ccc(F)cc1)Cc1nnc(-c2ccc(Br)cc2)o1. The van der Waals surface area contributed by atoms with Crippen LogP contribution in [0.3, 0.4) is 0 Å². The van der Waals surface area contributed by atoms with Gasteiger partial charge in [0.05, 0.1) is 6.54 Å². The lowest BCUT2D eigenvalue weighted by Gasteiger charge is -2.14. The highest BCUT2D eigenvalue weighted by atomic mass is 79.9. The number of hydrogen-bond donors (Lipinski definition) is 0. The van der Waals surface area contributed by atoms with Crippen molar-refractivity contribution in [2.24, 2.45) is 0 Å². The summed E-state index contributed by atoms with van der Waals surface area (Å²) in [5.41, 5.74) is 0.879. The maximum Gasteiger partial charge on any atom is 0.247 e. The molecule has 0 saturated heterocycles. The summed E-state index contributed by atoms with van der Waals surface area (Å²) in [5, 5.41) is 8.16. The molecule has 0 fully saturated rings. The van der Waals surface area contributed by atoms with Crippen LogP contribution >= 0.6 is 15.9 Å². The second-order valence-corrected chi connectivity index (χ2v) is 6.46. The summed E-state index contributed by atoms with van der Waals surface area (Å²) in [6, 6.07) is 13.7. The average Bonchev–Trinajstić information content (AvgIpc) is 3.06. The summed E-state index contributed by atoms with van der Waals surface area (Å²) in [6.07, 6.45) is 0. The zero-order valence-electron chi connectivity index (χ0n) is 13.7. The molecular formula is C18H17BrFN3O2. The summed E-state index contributed by atoms with van der Waals surface area (Å²) in [5.74, 6) is 1.41. The number of halogens is 2. The Labute approximate surface area is 153 Å². The minimum Gasteiger partial charge on any atom is -0.492 e. The van der Waals surface area contributed by atoms with Gasteiger partial charge < -0.3 is 9.15 Å². The molecule has 0 radical (unpaired) electrons. The minimum absolute atomic E-state index is 0.276. The van der Waals surface area contributed by atoms with Crippen LogP contribution in [0, 0.1) is 5.82 Å². The third-order valence-electron chi connectivity index (χ3n) is 3.52. The van der Waals surface area contributed by atoms with E-state index >= 15 is 0 Å². The first-order chi connectivity index (χ1) is 12.1. The van der Waals surface area contributed by atoms with E-state index < -0.39 is 0 Å². The lowest BCUT2D eigenvalue weighted by Crippen LogP contribution is -2.24. The standard InChI is InChI=1S/C18H17BrFN3O2/c1-23(10-11-24-16-8-6-15(20)7-9-16)12-17-21-22-18(25-17)13-2-4-14(19)5-3-13/h2-9H,10-12H2,1H3. The second kappa shape index (κ2) is 8.22. The van der Waals surface area contributed by atoms with E-state index in [-0.39, 0.29) is 5.82 Å². The molecule has 0 aliphatic carbocycles. The van der Waals surface area contributed by atoms with Gasteiger partial charge in [0.1, 0.15) is 18.2 Å². The van der Waals surface area contributed by atoms with Gasteiger partial charge in [-0.25, -0.2) is 4.39 Å². The van der Waals surface area contributed by atoms with E-state index in [2.05, 4.69) is 26.1 Å². The van der Waals surface area contributed by atoms with Crippen LogP contribution in [0.25, 0.3) is 11.5 Å². The van der Waals surface area contributed by atoms with Crippen molar-refractivity contribution in [2.75, 3.05) is 20.2 Å². The first-order valence-electron chi connectivity index (χ1n) is 7.75. The number of benzene rings is 2. The third-order valence-corrected chi connectivity index (χ3v) is 4.05. The summed E-state index contributed by atoms with van der Waals surface area (Å²) in [6.45, 7) is 1.68. The summed E-state index contributed by atoms with van der Waals surface area (Å²) in [7, 11) is 1.94. The molecule has 0 aliphatic rings. The van der Waals surface area contributed by atoms with Crippen LogP contribution in [-0.2, 0) is 6.54 Å². The van der Waals surface area contributed by atoms with Crippen LogP contribution in [-0.4, -0.2) is 35.3 Å². The average molecular weight is 406 g/mol. The quantitative estimate of drug-likeness (QED) is 0.590. The van der Waals surface area contributed by atoms with Crippen molar-refractivity contribution in [2.45, 2.75) is 6.54 Å². The highest BCUT2D eigenvalue weighted by Gasteiger charge is 2.10. The molecule has 1 heterocycles. The molecule has 0 saturated carbocycles. The molecule has 0 bridgehead atoms. The lowest BCUT2D eigenvalue weighted by molar-refractivity contribution is 0.220. The Hall–Kier alpha value is -2.25. The number of likely N-dealkylation sites (N-methyl/N-ethyl adjacent to an activating group) is 1. The molecule has 0 N–H and O–H groups in total. The number of nitrogens with zero attached hydrogens (tertiary/aromatic N) is 3. The van der Waals surface area contributed by atoms with E-state index in [1.807, 2.05) is 36.2 Å². The van der Waals surface area contributed by atoms with Gasteiger partial charge in [-0.1, -0.05) is 15.9 Å². The van der Waals surface area contributed by atoms with Crippen LogP contribution < -0.4 is 4.74 Å². The van der Waals surface area contributed by atoms with Crippen molar-refractivity contribution < 1.29 is 13.5 Å². The van der Waals surface area contributed by atoms with Crippen molar-refractivity contribution in [3.05, 3.63) is 64.7 Å². The van der Waals surface area contributed by atoms with Gasteiger partial charge in [-0.2, -0.15) is 0 Å². The minimum atomic E-state index is -0.276. The number of aromatic nitrogens is 2. The zero-order chi connectivity index (χ0) is 17.6. The Balaban J connectivity index is 1.48. The van der Waals surface area contributed by atoms with E-state index in [1.54, 1.807) is 12.1 Å². The Morgan fingerprint density at radius 1 is 1.08 bits per heavy atom. The van der Waals surface area contributed by atoms with E-state index in [4.69, 9.17) is 9.15 Å². The molecule has 1 aromatic heterocycles. The van der Waals surface area contributed by atoms with E-state index in [0.717, 1.165) is 10.0 Å². The van der Waals surface area contributed by atoms with Gasteiger partial charge in [0, 0.05) is 16.6 Å². The predicted octanol–water partition coefficient (Wildman–Crippen LogP) is 4.15. The molecular weight excluding hydrogens is 389 g/mol. The predicted molar refractivity (Wildman–Crippen MR) is 95.7 cm³/mol. The first kappa shape index (κ1) is 17.6. The second-order valence-electron chi connectivity index (χ2n) is 5.55. The number of hydrogen-bond acceptors (Lipinski definition) is 5. The van der Waals surface area contributed by atoms with Gasteiger partial charge in [-0.05, 0) is 55.6 Å². The highest BCUT2D eigenvalue weighted by molar-refractivity contribution is 9.10. The van der Waals surface area contributed by atoms with Crippen LogP contribution in [0.1, 0.15) is 5.89 Å². The van der Waals surface area contributed by atoms with Gasteiger partial charge in [0.2, 0.25) is 11.8 Å². The third kappa shape index (κ3) is 5.11. The zero-order valence-corrected chi connectivity index (χ0v) is 15.2. The Morgan fingerprint density at radius 3 is 2.52 bits per heavy atom. The van der Waals surface area contributed by atoms with Gasteiger partial charge in [-0.3, -0.25) is 4.90 Å². The Morgan fingerprint density at radius 2 is 1.80 bits per heavy atom. The van der Waals surface area contributed by atoms with Gasteiger partial charge in [0.15, 0.2) is 0 Å². The van der Waals surface area contributed by atoms with Gasteiger partial charge in [0.25, 0.3) is 0 Å². The highest BCUT2D eigenvalue weighted by Crippen LogP contribution is 2.20. The number of rotatable bonds is 7. The summed E-state index contributed by atoms with van der Waals surface area (Å²) >= 11 is 3.40. The fourth-order valence-electron chi connectivity index (χ4n) is 2.19. The molecule has 25 heavy (non-hydrogen) atoms. The molecule has 3 rings (SSSR count). The molecule has 2 aromatic carbocycles. The molecule has 130 valence electrons. The molecule has 0 aliphatic heterocycles. The number of ether oxygens (including phenoxy) is 1. The first-order valence-corrected chi connectivity index (χ1v) is 8.55. The van der Waals surface area contributed by atoms with E-state index in [1.165, 1.54) is 12.1 Å². The fourth-order valence-corrected chi connectivity index (χ4v) is 2.45. The van der Waals surface area contributed by atoms with E-state index in [9.17, 15) is 4.39 Å². The fraction of sp³-hybridized carbons (Fsp3) is 0.222. The molecule has 3 aromatic rings. The maximum atomic E-state index is 12.8. The van der Waals surface area contributed by atoms with E-state index in [0.29, 0.717) is 37.2 Å². The van der Waals surface area contributed by atoms with Crippen molar-refractivity contribution in [1.29, 1.82) is 0 Å². The molecule has 5 nitrogen and oxygen atoms in total. The normalized spacial score (nSPS) is 11.0. The maximum absolute atomic E-state index is 12.8. The van der Waals surface area contributed by atoms with Crippen LogP contribution in [0.15, 0.2) is 57.4 Å². The van der Waals surface area contributed by atoms with Crippen molar-refractivity contribution in [3.63, 3.8) is 0 Å². The summed E-state index contributed by atoms with van der Waals surface area (Å²) in [4.78, 5) is 2.02. The van der Waals surface area contributed by atoms with Crippen LogP contribution in [0.4, 0.5) is 4.39 Å². The Bertz CT molecular complexity index is 806. The molecule has 0 unspecified atom stereocenters. The van der Waals surface area contributed by atoms with Gasteiger partial charge in [-0.15, -0.1) is 10.2 Å². The Kier molecular flexibility index (Phi) is 5.78. The van der Waals surface area contributed by atoms with Crippen molar-refractivity contribution in [1.82, 2.24) is 15.1 Å². The lowest BCUT2D eigenvalue weighted by atomic mass is 10.2. The van der Waals surface area contributed by atoms with Crippen molar-refractivity contribution in [3.8, 4) is 17.2 Å².